The summed E-state index contributed by atoms with van der Waals surface area (Å²) in [5.41, 5.74) is 2.47. The van der Waals surface area contributed by atoms with Gasteiger partial charge in [0.2, 0.25) is 0 Å². The Morgan fingerprint density at radius 1 is 1.35 bits per heavy atom. The van der Waals surface area contributed by atoms with Crippen LogP contribution in [0, 0.1) is 12.3 Å². The maximum Gasteiger partial charge on any atom is 0.353 e. The van der Waals surface area contributed by atoms with E-state index >= 15 is 0 Å². The van der Waals surface area contributed by atoms with E-state index in [-0.39, 0.29) is 12.2 Å². The molecule has 4 aromatic rings. The molecule has 0 aliphatic carbocycles. The zero-order valence-corrected chi connectivity index (χ0v) is 13.2. The lowest BCUT2D eigenvalue weighted by Gasteiger charge is -1.98. The van der Waals surface area contributed by atoms with Crippen LogP contribution in [0.15, 0.2) is 33.3 Å². The molecule has 23 heavy (non-hydrogen) atoms. The fourth-order valence-electron chi connectivity index (χ4n) is 2.10. The highest BCUT2D eigenvalue weighted by Crippen LogP contribution is 2.30. The summed E-state index contributed by atoms with van der Waals surface area (Å²) in [4.78, 5) is 21.1. The molecular formula is C14H8N6OS2. The molecule has 9 heteroatoms. The third-order valence-corrected chi connectivity index (χ3v) is 4.71. The summed E-state index contributed by atoms with van der Waals surface area (Å²) in [6.45, 7) is 0.0643. The molecule has 0 aliphatic heterocycles. The van der Waals surface area contributed by atoms with E-state index in [1.165, 1.54) is 22.1 Å². The highest BCUT2D eigenvalue weighted by atomic mass is 32.1. The quantitative estimate of drug-likeness (QED) is 0.531. The fourth-order valence-corrected chi connectivity index (χ4v) is 3.57. The van der Waals surface area contributed by atoms with Crippen LogP contribution in [0.4, 0.5) is 0 Å². The van der Waals surface area contributed by atoms with Gasteiger partial charge in [-0.25, -0.2) is 19.2 Å². The normalized spacial score (nSPS) is 10.9. The Morgan fingerprint density at radius 2 is 2.26 bits per heavy atom. The average Bonchev–Trinajstić information content (AvgIpc) is 3.29. The number of thiazole rings is 1. The van der Waals surface area contributed by atoms with Crippen LogP contribution in [0.2, 0.25) is 0 Å². The van der Waals surface area contributed by atoms with Crippen molar-refractivity contribution in [1.82, 2.24) is 29.4 Å². The number of rotatable bonds is 3. The van der Waals surface area contributed by atoms with E-state index in [9.17, 15) is 4.79 Å². The molecule has 112 valence electrons. The highest BCUT2D eigenvalue weighted by molar-refractivity contribution is 7.13. The maximum absolute atomic E-state index is 12.2. The Balaban J connectivity index is 1.83. The van der Waals surface area contributed by atoms with E-state index in [0.717, 1.165) is 15.9 Å². The van der Waals surface area contributed by atoms with Gasteiger partial charge in [0, 0.05) is 16.3 Å². The average molecular weight is 340 g/mol. The number of hydrogen-bond donors (Lipinski definition) is 0. The van der Waals surface area contributed by atoms with Crippen molar-refractivity contribution >= 4 is 28.3 Å². The first-order valence-electron chi connectivity index (χ1n) is 6.50. The predicted octanol–water partition coefficient (Wildman–Crippen LogP) is 1.77. The SMILES string of the molecule is C#CCn1nnc2c(-c3nc(-c4ccsc4)cs3)ncn2c1=O. The topological polar surface area (TPSA) is 78.0 Å². The number of thiophene rings is 1. The fraction of sp³-hybridized carbons (Fsp3) is 0.0714. The number of aromatic nitrogens is 6. The third kappa shape index (κ3) is 2.25. The Labute approximate surface area is 137 Å². The van der Waals surface area contributed by atoms with Crippen molar-refractivity contribution in [3.05, 3.63) is 39.0 Å². The minimum atomic E-state index is -0.374. The molecule has 4 rings (SSSR count). The zero-order chi connectivity index (χ0) is 15.8. The van der Waals surface area contributed by atoms with Crippen molar-refractivity contribution in [2.24, 2.45) is 0 Å². The summed E-state index contributed by atoms with van der Waals surface area (Å²) in [7, 11) is 0. The van der Waals surface area contributed by atoms with Gasteiger partial charge in [-0.3, -0.25) is 0 Å². The summed E-state index contributed by atoms with van der Waals surface area (Å²) in [6.07, 6.45) is 6.63. The van der Waals surface area contributed by atoms with Gasteiger partial charge in [0.25, 0.3) is 0 Å². The van der Waals surface area contributed by atoms with E-state index in [0.29, 0.717) is 16.3 Å². The zero-order valence-electron chi connectivity index (χ0n) is 11.6. The van der Waals surface area contributed by atoms with E-state index in [2.05, 4.69) is 26.2 Å². The second-order valence-corrected chi connectivity index (χ2v) is 6.21. The van der Waals surface area contributed by atoms with Gasteiger partial charge in [-0.1, -0.05) is 11.1 Å². The standard InChI is InChI=1S/C14H8N6OS2/c1-2-4-20-14(21)19-8-15-11(12(19)17-18-20)13-16-10(7-23-13)9-3-5-22-6-9/h1,3,5-8H,4H2. The molecule has 0 N–H and O–H groups in total. The van der Waals surface area contributed by atoms with Gasteiger partial charge in [0.15, 0.2) is 5.65 Å². The van der Waals surface area contributed by atoms with Gasteiger partial charge < -0.3 is 0 Å². The molecule has 0 bridgehead atoms. The summed E-state index contributed by atoms with van der Waals surface area (Å²) in [6, 6.07) is 2.01. The Kier molecular flexibility index (Phi) is 3.25. The Morgan fingerprint density at radius 3 is 3.04 bits per heavy atom. The minimum absolute atomic E-state index is 0.0643. The van der Waals surface area contributed by atoms with E-state index in [1.807, 2.05) is 22.2 Å². The van der Waals surface area contributed by atoms with Crippen LogP contribution in [0.5, 0.6) is 0 Å². The molecule has 0 fully saturated rings. The van der Waals surface area contributed by atoms with Crippen molar-refractivity contribution in [3.8, 4) is 34.3 Å². The number of terminal acetylenes is 1. The second kappa shape index (κ2) is 5.42. The van der Waals surface area contributed by atoms with Crippen molar-refractivity contribution < 1.29 is 0 Å². The molecule has 4 aromatic heterocycles. The molecule has 7 nitrogen and oxygen atoms in total. The molecule has 0 saturated carbocycles. The first-order chi connectivity index (χ1) is 11.3. The maximum atomic E-state index is 12.2. The number of imidazole rings is 1. The van der Waals surface area contributed by atoms with E-state index in [1.54, 1.807) is 11.3 Å². The van der Waals surface area contributed by atoms with Crippen LogP contribution >= 0.6 is 22.7 Å². The molecule has 0 saturated heterocycles. The van der Waals surface area contributed by atoms with Crippen LogP contribution in [-0.4, -0.2) is 29.4 Å². The number of nitrogens with zero attached hydrogens (tertiary/aromatic N) is 6. The predicted molar refractivity (Wildman–Crippen MR) is 88.3 cm³/mol. The van der Waals surface area contributed by atoms with Crippen molar-refractivity contribution in [1.29, 1.82) is 0 Å². The molecule has 0 aromatic carbocycles. The minimum Gasteiger partial charge on any atom is -0.245 e. The molecule has 0 aliphatic rings. The van der Waals surface area contributed by atoms with Crippen molar-refractivity contribution in [2.45, 2.75) is 6.54 Å². The molecule has 0 amide bonds. The Bertz CT molecular complexity index is 1080. The number of fused-ring (bicyclic) bond motifs is 1. The Hall–Kier alpha value is -2.83. The first kappa shape index (κ1) is 13.8. The van der Waals surface area contributed by atoms with Crippen molar-refractivity contribution in [3.63, 3.8) is 0 Å². The monoisotopic (exact) mass is 340 g/mol. The van der Waals surface area contributed by atoms with Gasteiger partial charge in [-0.05, 0) is 11.4 Å². The highest BCUT2D eigenvalue weighted by Gasteiger charge is 2.16. The molecule has 0 unspecified atom stereocenters. The lowest BCUT2D eigenvalue weighted by atomic mass is 10.3. The van der Waals surface area contributed by atoms with E-state index in [4.69, 9.17) is 6.42 Å². The number of hydrogen-bond acceptors (Lipinski definition) is 7. The summed E-state index contributed by atoms with van der Waals surface area (Å²) < 4.78 is 2.43. The first-order valence-corrected chi connectivity index (χ1v) is 8.33. The molecule has 0 radical (unpaired) electrons. The second-order valence-electron chi connectivity index (χ2n) is 4.57. The van der Waals surface area contributed by atoms with Crippen LogP contribution in [0.1, 0.15) is 0 Å². The van der Waals surface area contributed by atoms with Gasteiger partial charge >= 0.3 is 5.69 Å². The van der Waals surface area contributed by atoms with Gasteiger partial charge in [-0.15, -0.1) is 22.9 Å². The van der Waals surface area contributed by atoms with Gasteiger partial charge in [0.1, 0.15) is 23.6 Å². The largest absolute Gasteiger partial charge is 0.353 e. The van der Waals surface area contributed by atoms with Crippen LogP contribution in [0.25, 0.3) is 27.6 Å². The third-order valence-electron chi connectivity index (χ3n) is 3.18. The molecule has 4 heterocycles. The molecule has 0 spiro atoms. The van der Waals surface area contributed by atoms with Crippen LogP contribution in [0.3, 0.4) is 0 Å². The van der Waals surface area contributed by atoms with Gasteiger partial charge in [-0.2, -0.15) is 16.0 Å². The van der Waals surface area contributed by atoms with Gasteiger partial charge in [0.05, 0.1) is 5.69 Å². The summed E-state index contributed by atoms with van der Waals surface area (Å²) >= 11 is 3.06. The smallest absolute Gasteiger partial charge is 0.245 e. The van der Waals surface area contributed by atoms with E-state index < -0.39 is 0 Å². The molecule has 0 atom stereocenters. The lowest BCUT2D eigenvalue weighted by molar-refractivity contribution is 0.577. The van der Waals surface area contributed by atoms with Crippen molar-refractivity contribution in [2.75, 3.05) is 0 Å². The van der Waals surface area contributed by atoms with Crippen LogP contribution in [-0.2, 0) is 6.54 Å². The summed E-state index contributed by atoms with van der Waals surface area (Å²) in [5, 5.41) is 14.6. The van der Waals surface area contributed by atoms with Crippen LogP contribution < -0.4 is 5.69 Å². The summed E-state index contributed by atoms with van der Waals surface area (Å²) in [5.74, 6) is 2.36. The molecular weight excluding hydrogens is 332 g/mol. The lowest BCUT2D eigenvalue weighted by Crippen LogP contribution is -2.29.